The van der Waals surface area contributed by atoms with Crippen LogP contribution in [0.5, 0.6) is 0 Å². The summed E-state index contributed by atoms with van der Waals surface area (Å²) in [5, 5.41) is 11.9. The molecule has 6 heteroatoms. The predicted molar refractivity (Wildman–Crippen MR) is 84.3 cm³/mol. The maximum atomic E-state index is 12.0. The summed E-state index contributed by atoms with van der Waals surface area (Å²) in [6.45, 7) is 4.16. The molecule has 0 spiro atoms. The molecule has 0 aromatic carbocycles. The number of hydrogen-bond donors (Lipinski definition) is 2. The SMILES string of the molecule is CC1=CC[C@H](C(C)(CCCO)NC(=O)C(Cl)(Cl)Cl)CC1. The molecule has 1 amide bonds. The van der Waals surface area contributed by atoms with Gasteiger partial charge in [0.2, 0.25) is 0 Å². The highest BCUT2D eigenvalue weighted by molar-refractivity contribution is 6.76. The molecule has 20 heavy (non-hydrogen) atoms. The first-order valence-electron chi connectivity index (χ1n) is 6.85. The normalized spacial score (nSPS) is 22.9. The van der Waals surface area contributed by atoms with Crippen LogP contribution in [0, 0.1) is 5.92 Å². The highest BCUT2D eigenvalue weighted by Crippen LogP contribution is 2.36. The van der Waals surface area contributed by atoms with Gasteiger partial charge in [0.1, 0.15) is 0 Å². The van der Waals surface area contributed by atoms with Crippen LogP contribution in [0.4, 0.5) is 0 Å². The van der Waals surface area contributed by atoms with E-state index in [0.717, 1.165) is 19.3 Å². The summed E-state index contributed by atoms with van der Waals surface area (Å²) in [4.78, 5) is 12.0. The molecular weight excluding hydrogens is 321 g/mol. The zero-order valence-corrected chi connectivity index (χ0v) is 14.2. The molecule has 0 aromatic rings. The van der Waals surface area contributed by atoms with Gasteiger partial charge in [-0.3, -0.25) is 4.79 Å². The lowest BCUT2D eigenvalue weighted by atomic mass is 9.74. The van der Waals surface area contributed by atoms with Crippen molar-refractivity contribution in [1.29, 1.82) is 0 Å². The smallest absolute Gasteiger partial charge is 0.272 e. The summed E-state index contributed by atoms with van der Waals surface area (Å²) in [6.07, 6.45) is 6.37. The minimum Gasteiger partial charge on any atom is -0.396 e. The number of rotatable bonds is 5. The van der Waals surface area contributed by atoms with E-state index in [1.54, 1.807) is 0 Å². The van der Waals surface area contributed by atoms with Gasteiger partial charge in [0.25, 0.3) is 9.70 Å². The fraction of sp³-hybridized carbons (Fsp3) is 0.786. The highest BCUT2D eigenvalue weighted by Gasteiger charge is 2.40. The standard InChI is InChI=1S/C14H22Cl3NO2/c1-10-4-6-11(7-5-10)13(2,8-3-9-19)18-12(20)14(15,16)17/h4,11,19H,3,5-9H2,1-2H3,(H,18,20)/t11-,13?/m0/s1. The summed E-state index contributed by atoms with van der Waals surface area (Å²) in [5.74, 6) is -0.316. The Balaban J connectivity index is 2.83. The van der Waals surface area contributed by atoms with Crippen LogP contribution in [0.3, 0.4) is 0 Å². The number of amides is 1. The second-order valence-electron chi connectivity index (χ2n) is 5.72. The van der Waals surface area contributed by atoms with Gasteiger partial charge < -0.3 is 10.4 Å². The molecule has 2 atom stereocenters. The monoisotopic (exact) mass is 341 g/mol. The molecule has 0 radical (unpaired) electrons. The summed E-state index contributed by atoms with van der Waals surface area (Å²) < 4.78 is -1.96. The van der Waals surface area contributed by atoms with Crippen molar-refractivity contribution in [3.05, 3.63) is 11.6 Å². The number of nitrogens with one attached hydrogen (secondary N) is 1. The Morgan fingerprint density at radius 1 is 1.50 bits per heavy atom. The molecule has 1 aliphatic carbocycles. The topological polar surface area (TPSA) is 49.3 Å². The van der Waals surface area contributed by atoms with E-state index in [9.17, 15) is 4.79 Å². The zero-order valence-electron chi connectivity index (χ0n) is 11.9. The summed E-state index contributed by atoms with van der Waals surface area (Å²) >= 11 is 16.9. The van der Waals surface area contributed by atoms with Gasteiger partial charge in [-0.15, -0.1) is 0 Å². The van der Waals surface area contributed by atoms with Crippen molar-refractivity contribution in [2.24, 2.45) is 5.92 Å². The van der Waals surface area contributed by atoms with E-state index < -0.39 is 15.2 Å². The molecule has 3 nitrogen and oxygen atoms in total. The van der Waals surface area contributed by atoms with Crippen LogP contribution in [0.2, 0.25) is 0 Å². The maximum Gasteiger partial charge on any atom is 0.272 e. The molecule has 2 N–H and O–H groups in total. The van der Waals surface area contributed by atoms with Crippen molar-refractivity contribution in [1.82, 2.24) is 5.32 Å². The molecule has 0 fully saturated rings. The van der Waals surface area contributed by atoms with Crippen molar-refractivity contribution in [3.63, 3.8) is 0 Å². The molecule has 0 aliphatic heterocycles. The van der Waals surface area contributed by atoms with Crippen LogP contribution >= 0.6 is 34.8 Å². The van der Waals surface area contributed by atoms with E-state index in [2.05, 4.69) is 18.3 Å². The van der Waals surface area contributed by atoms with Gasteiger partial charge >= 0.3 is 0 Å². The maximum absolute atomic E-state index is 12.0. The van der Waals surface area contributed by atoms with E-state index in [-0.39, 0.29) is 12.5 Å². The van der Waals surface area contributed by atoms with Crippen LogP contribution in [-0.2, 0) is 4.79 Å². The second kappa shape index (κ2) is 7.35. The average molecular weight is 343 g/mol. The molecule has 1 rings (SSSR count). The predicted octanol–water partition coefficient (Wildman–Crippen LogP) is 3.75. The van der Waals surface area contributed by atoms with Gasteiger partial charge in [-0.2, -0.15) is 0 Å². The largest absolute Gasteiger partial charge is 0.396 e. The Morgan fingerprint density at radius 2 is 2.15 bits per heavy atom. The van der Waals surface area contributed by atoms with Gasteiger partial charge in [-0.1, -0.05) is 46.5 Å². The zero-order chi connectivity index (χ0) is 15.4. The van der Waals surface area contributed by atoms with E-state index in [0.29, 0.717) is 12.8 Å². The molecule has 116 valence electrons. The van der Waals surface area contributed by atoms with Crippen molar-refractivity contribution in [2.45, 2.75) is 55.3 Å². The molecule has 0 saturated heterocycles. The molecule has 0 saturated carbocycles. The van der Waals surface area contributed by atoms with Crippen LogP contribution < -0.4 is 5.32 Å². The third kappa shape index (κ3) is 5.10. The first kappa shape index (κ1) is 18.1. The van der Waals surface area contributed by atoms with Crippen LogP contribution in [0.15, 0.2) is 11.6 Å². The number of halogens is 3. The van der Waals surface area contributed by atoms with Gasteiger partial charge in [0.05, 0.1) is 0 Å². The van der Waals surface area contributed by atoms with Gasteiger partial charge in [0, 0.05) is 12.1 Å². The van der Waals surface area contributed by atoms with Crippen molar-refractivity contribution >= 4 is 40.7 Å². The Hall–Kier alpha value is 0.0400. The first-order valence-corrected chi connectivity index (χ1v) is 7.98. The highest BCUT2D eigenvalue weighted by atomic mass is 35.6. The Labute approximate surface area is 135 Å². The van der Waals surface area contributed by atoms with Crippen LogP contribution in [0.25, 0.3) is 0 Å². The lowest BCUT2D eigenvalue weighted by Gasteiger charge is -2.41. The third-order valence-electron chi connectivity index (χ3n) is 4.05. The van der Waals surface area contributed by atoms with Crippen molar-refractivity contribution in [2.75, 3.05) is 6.61 Å². The molecule has 0 aromatic heterocycles. The Bertz CT molecular complexity index is 379. The number of carbonyl (C=O) groups is 1. The lowest BCUT2D eigenvalue weighted by molar-refractivity contribution is -0.122. The minimum atomic E-state index is -1.96. The molecule has 1 unspecified atom stereocenters. The van der Waals surface area contributed by atoms with E-state index in [1.807, 2.05) is 6.92 Å². The third-order valence-corrected chi connectivity index (χ3v) is 4.56. The number of hydrogen-bond acceptors (Lipinski definition) is 2. The number of alkyl halides is 3. The van der Waals surface area contributed by atoms with Crippen molar-refractivity contribution < 1.29 is 9.90 Å². The molecule has 1 aliphatic rings. The van der Waals surface area contributed by atoms with Crippen molar-refractivity contribution in [3.8, 4) is 0 Å². The molecule has 0 heterocycles. The summed E-state index contributed by atoms with van der Waals surface area (Å²) in [5.41, 5.74) is 0.902. The fourth-order valence-corrected chi connectivity index (χ4v) is 2.83. The molecular formula is C14H22Cl3NO2. The van der Waals surface area contributed by atoms with Gasteiger partial charge in [-0.05, 0) is 51.9 Å². The Morgan fingerprint density at radius 3 is 2.60 bits per heavy atom. The average Bonchev–Trinajstić information content (AvgIpc) is 2.36. The number of aliphatic hydroxyl groups excluding tert-OH is 1. The summed E-state index contributed by atoms with van der Waals surface area (Å²) in [6, 6.07) is 0. The number of aliphatic hydroxyl groups is 1. The second-order valence-corrected chi connectivity index (χ2v) is 8.00. The minimum absolute atomic E-state index is 0.0841. The number of allylic oxidation sites excluding steroid dienone is 2. The lowest BCUT2D eigenvalue weighted by Crippen LogP contribution is -2.55. The number of carbonyl (C=O) groups excluding carboxylic acids is 1. The fourth-order valence-electron chi connectivity index (χ4n) is 2.69. The van der Waals surface area contributed by atoms with E-state index >= 15 is 0 Å². The van der Waals surface area contributed by atoms with E-state index in [4.69, 9.17) is 39.9 Å². The Kier molecular flexibility index (Phi) is 6.65. The molecule has 0 bridgehead atoms. The quantitative estimate of drug-likeness (QED) is 0.590. The van der Waals surface area contributed by atoms with Gasteiger partial charge in [-0.25, -0.2) is 0 Å². The van der Waals surface area contributed by atoms with E-state index in [1.165, 1.54) is 5.57 Å². The van der Waals surface area contributed by atoms with Gasteiger partial charge in [0.15, 0.2) is 0 Å². The van der Waals surface area contributed by atoms with Crippen LogP contribution in [0.1, 0.15) is 46.0 Å². The summed E-state index contributed by atoms with van der Waals surface area (Å²) in [7, 11) is 0. The van der Waals surface area contributed by atoms with Crippen LogP contribution in [-0.4, -0.2) is 27.0 Å². The first-order chi connectivity index (χ1) is 9.19.